The van der Waals surface area contributed by atoms with Gasteiger partial charge in [0.1, 0.15) is 5.75 Å². The SMILES string of the molecule is [C-]#[N+]c1ccc(OCC(=O)O)c(Br)c1. The predicted octanol–water partition coefficient (Wildman–Crippen LogP) is 2.46. The molecule has 0 heterocycles. The highest BCUT2D eigenvalue weighted by Gasteiger charge is 2.04. The molecule has 0 amide bonds. The minimum Gasteiger partial charge on any atom is -0.481 e. The molecule has 0 radical (unpaired) electrons. The van der Waals surface area contributed by atoms with Crippen LogP contribution in [0.2, 0.25) is 0 Å². The highest BCUT2D eigenvalue weighted by atomic mass is 79.9. The molecular formula is C9H6BrNO3. The van der Waals surface area contributed by atoms with Crippen LogP contribution in [-0.4, -0.2) is 17.7 Å². The van der Waals surface area contributed by atoms with Crippen LogP contribution >= 0.6 is 15.9 Å². The first-order valence-corrected chi connectivity index (χ1v) is 4.44. The maximum atomic E-state index is 10.2. The molecule has 4 nitrogen and oxygen atoms in total. The van der Waals surface area contributed by atoms with Crippen molar-refractivity contribution < 1.29 is 14.6 Å². The van der Waals surface area contributed by atoms with Crippen LogP contribution in [0.15, 0.2) is 22.7 Å². The Bertz CT molecular complexity index is 398. The Labute approximate surface area is 89.1 Å². The van der Waals surface area contributed by atoms with E-state index < -0.39 is 12.6 Å². The Morgan fingerprint density at radius 1 is 1.64 bits per heavy atom. The molecule has 0 aliphatic carbocycles. The second-order valence-corrected chi connectivity index (χ2v) is 3.26. The molecule has 72 valence electrons. The van der Waals surface area contributed by atoms with Crippen LogP contribution in [0.1, 0.15) is 0 Å². The van der Waals surface area contributed by atoms with Crippen LogP contribution in [0.25, 0.3) is 4.85 Å². The van der Waals surface area contributed by atoms with Gasteiger partial charge >= 0.3 is 5.97 Å². The summed E-state index contributed by atoms with van der Waals surface area (Å²) in [4.78, 5) is 13.4. The highest BCUT2D eigenvalue weighted by molar-refractivity contribution is 9.10. The van der Waals surface area contributed by atoms with Gasteiger partial charge < -0.3 is 9.84 Å². The number of nitrogens with zero attached hydrogens (tertiary/aromatic N) is 1. The largest absolute Gasteiger partial charge is 0.481 e. The summed E-state index contributed by atoms with van der Waals surface area (Å²) in [6.45, 7) is 6.36. The third kappa shape index (κ3) is 2.75. The first-order chi connectivity index (χ1) is 6.63. The molecule has 0 spiro atoms. The van der Waals surface area contributed by atoms with Gasteiger partial charge in [-0.25, -0.2) is 9.64 Å². The maximum absolute atomic E-state index is 10.2. The molecule has 1 aromatic rings. The fourth-order valence-corrected chi connectivity index (χ4v) is 1.30. The van der Waals surface area contributed by atoms with Crippen molar-refractivity contribution in [1.29, 1.82) is 0 Å². The van der Waals surface area contributed by atoms with E-state index in [4.69, 9.17) is 16.4 Å². The fraction of sp³-hybridized carbons (Fsp3) is 0.111. The molecule has 1 N–H and O–H groups in total. The number of benzene rings is 1. The molecule has 0 aromatic heterocycles. The zero-order valence-electron chi connectivity index (χ0n) is 7.03. The van der Waals surface area contributed by atoms with E-state index in [1.165, 1.54) is 0 Å². The Morgan fingerprint density at radius 3 is 2.86 bits per heavy atom. The minimum absolute atomic E-state index is 0.393. The van der Waals surface area contributed by atoms with Gasteiger partial charge in [-0.15, -0.1) is 0 Å². The van der Waals surface area contributed by atoms with E-state index in [1.54, 1.807) is 18.2 Å². The zero-order valence-corrected chi connectivity index (χ0v) is 8.61. The fourth-order valence-electron chi connectivity index (χ4n) is 0.816. The molecule has 0 aliphatic heterocycles. The zero-order chi connectivity index (χ0) is 10.6. The number of carboxylic acid groups (broad SMARTS) is 1. The van der Waals surface area contributed by atoms with E-state index in [1.807, 2.05) is 0 Å². The molecule has 0 bridgehead atoms. The summed E-state index contributed by atoms with van der Waals surface area (Å²) in [5.74, 6) is -0.619. The maximum Gasteiger partial charge on any atom is 0.341 e. The van der Waals surface area contributed by atoms with E-state index in [-0.39, 0.29) is 0 Å². The summed E-state index contributed by atoms with van der Waals surface area (Å²) in [6, 6.07) is 4.69. The van der Waals surface area contributed by atoms with Crippen LogP contribution in [0, 0.1) is 6.57 Å². The molecule has 0 aliphatic rings. The highest BCUT2D eigenvalue weighted by Crippen LogP contribution is 2.29. The van der Waals surface area contributed by atoms with Gasteiger partial charge in [0, 0.05) is 4.47 Å². The second kappa shape index (κ2) is 4.63. The first kappa shape index (κ1) is 10.5. The molecule has 14 heavy (non-hydrogen) atoms. The third-order valence-corrected chi connectivity index (χ3v) is 2.02. The van der Waals surface area contributed by atoms with Crippen molar-refractivity contribution in [3.8, 4) is 5.75 Å². The van der Waals surface area contributed by atoms with Crippen molar-refractivity contribution >= 4 is 27.6 Å². The lowest BCUT2D eigenvalue weighted by Crippen LogP contribution is -2.09. The summed E-state index contributed by atoms with van der Waals surface area (Å²) < 4.78 is 5.52. The normalized spacial score (nSPS) is 9.14. The van der Waals surface area contributed by atoms with Gasteiger partial charge in [-0.05, 0) is 28.1 Å². The van der Waals surface area contributed by atoms with Gasteiger partial charge in [0.15, 0.2) is 12.3 Å². The molecule has 0 atom stereocenters. The van der Waals surface area contributed by atoms with E-state index in [0.29, 0.717) is 15.9 Å². The third-order valence-electron chi connectivity index (χ3n) is 1.40. The van der Waals surface area contributed by atoms with Crippen molar-refractivity contribution in [2.45, 2.75) is 0 Å². The average Bonchev–Trinajstić information content (AvgIpc) is 2.15. The summed E-state index contributed by atoms with van der Waals surface area (Å²) >= 11 is 3.18. The van der Waals surface area contributed by atoms with Crippen LogP contribution in [0.3, 0.4) is 0 Å². The molecule has 0 saturated heterocycles. The summed E-state index contributed by atoms with van der Waals surface area (Å²) in [5, 5.41) is 8.38. The molecule has 5 heteroatoms. The van der Waals surface area contributed by atoms with Gasteiger partial charge in [-0.3, -0.25) is 0 Å². The van der Waals surface area contributed by atoms with Gasteiger partial charge in [0.25, 0.3) is 0 Å². The number of rotatable bonds is 3. The van der Waals surface area contributed by atoms with Gasteiger partial charge in [-0.2, -0.15) is 0 Å². The lowest BCUT2D eigenvalue weighted by molar-refractivity contribution is -0.139. The number of carboxylic acids is 1. The summed E-state index contributed by atoms with van der Waals surface area (Å²) in [6.07, 6.45) is 0. The smallest absolute Gasteiger partial charge is 0.341 e. The number of hydrogen-bond donors (Lipinski definition) is 1. The van der Waals surface area contributed by atoms with Gasteiger partial charge in [0.2, 0.25) is 0 Å². The van der Waals surface area contributed by atoms with Crippen molar-refractivity contribution in [3.63, 3.8) is 0 Å². The van der Waals surface area contributed by atoms with Crippen molar-refractivity contribution in [1.82, 2.24) is 0 Å². The number of carbonyl (C=O) groups is 1. The number of halogens is 1. The Balaban J connectivity index is 2.80. The topological polar surface area (TPSA) is 50.9 Å². The molecule has 0 saturated carbocycles. The lowest BCUT2D eigenvalue weighted by atomic mass is 10.3. The van der Waals surface area contributed by atoms with Gasteiger partial charge in [0.05, 0.1) is 6.57 Å². The molecule has 0 unspecified atom stereocenters. The number of ether oxygens (including phenoxy) is 1. The van der Waals surface area contributed by atoms with Crippen molar-refractivity contribution in [3.05, 3.63) is 34.1 Å². The monoisotopic (exact) mass is 255 g/mol. The average molecular weight is 256 g/mol. The molecule has 1 rings (SSSR count). The van der Waals surface area contributed by atoms with Crippen molar-refractivity contribution in [2.24, 2.45) is 0 Å². The van der Waals surface area contributed by atoms with Crippen LogP contribution in [0.4, 0.5) is 5.69 Å². The van der Waals surface area contributed by atoms with E-state index in [9.17, 15) is 4.79 Å². The summed E-state index contributed by atoms with van der Waals surface area (Å²) in [7, 11) is 0. The standard InChI is InChI=1S/C9H6BrNO3/c1-11-6-2-3-8(7(10)4-6)14-5-9(12)13/h2-4H,5H2,(H,12,13). The Morgan fingerprint density at radius 2 is 2.36 bits per heavy atom. The number of hydrogen-bond acceptors (Lipinski definition) is 2. The van der Waals surface area contributed by atoms with Crippen LogP contribution in [0.5, 0.6) is 5.75 Å². The predicted molar refractivity (Wildman–Crippen MR) is 53.5 cm³/mol. The van der Waals surface area contributed by atoms with E-state index in [0.717, 1.165) is 0 Å². The minimum atomic E-state index is -1.04. The van der Waals surface area contributed by atoms with E-state index in [2.05, 4.69) is 20.8 Å². The first-order valence-electron chi connectivity index (χ1n) is 3.65. The van der Waals surface area contributed by atoms with E-state index >= 15 is 0 Å². The quantitative estimate of drug-likeness (QED) is 0.845. The molecule has 1 aromatic carbocycles. The molecule has 0 fully saturated rings. The Hall–Kier alpha value is -1.54. The summed E-state index contributed by atoms with van der Waals surface area (Å²) in [5.41, 5.74) is 0.472. The van der Waals surface area contributed by atoms with Gasteiger partial charge in [-0.1, -0.05) is 6.07 Å². The molecular weight excluding hydrogens is 250 g/mol. The van der Waals surface area contributed by atoms with Crippen molar-refractivity contribution in [2.75, 3.05) is 6.61 Å². The lowest BCUT2D eigenvalue weighted by Gasteiger charge is -2.05. The van der Waals surface area contributed by atoms with Crippen LogP contribution < -0.4 is 4.74 Å². The van der Waals surface area contributed by atoms with Crippen LogP contribution in [-0.2, 0) is 4.79 Å². The number of aliphatic carboxylic acids is 1. The second-order valence-electron chi connectivity index (χ2n) is 2.41. The Kier molecular flexibility index (Phi) is 3.48.